The summed E-state index contributed by atoms with van der Waals surface area (Å²) in [7, 11) is 1.26. The zero-order valence-electron chi connectivity index (χ0n) is 19.7. The van der Waals surface area contributed by atoms with E-state index >= 15 is 0 Å². The lowest BCUT2D eigenvalue weighted by molar-refractivity contribution is -0.143. The normalized spacial score (nSPS) is 11.1. The molecule has 35 heavy (non-hydrogen) atoms. The molecule has 0 aromatic heterocycles. The van der Waals surface area contributed by atoms with Crippen molar-refractivity contribution in [2.24, 2.45) is 0 Å². The number of anilines is 1. The van der Waals surface area contributed by atoms with Gasteiger partial charge >= 0.3 is 12.0 Å². The molecule has 0 saturated heterocycles. The predicted molar refractivity (Wildman–Crippen MR) is 129 cm³/mol. The first-order valence-corrected chi connectivity index (χ1v) is 11.4. The number of hydroxylamine groups is 1. The molecular formula is C25H32N4O6. The van der Waals surface area contributed by atoms with E-state index in [0.717, 1.165) is 18.4 Å². The highest BCUT2D eigenvalue weighted by atomic mass is 16.5. The number of carbonyl (C=O) groups is 4. The van der Waals surface area contributed by atoms with Crippen LogP contribution in [0, 0.1) is 0 Å². The first kappa shape index (κ1) is 27.3. The fourth-order valence-electron chi connectivity index (χ4n) is 3.37. The van der Waals surface area contributed by atoms with Gasteiger partial charge in [0.05, 0.1) is 7.11 Å². The Hall–Kier alpha value is -3.92. The number of hydrogen-bond donors (Lipinski definition) is 5. The van der Waals surface area contributed by atoms with Crippen LogP contribution in [0.4, 0.5) is 10.5 Å². The number of esters is 1. The average molecular weight is 485 g/mol. The molecule has 0 unspecified atom stereocenters. The van der Waals surface area contributed by atoms with Crippen LogP contribution in [0.1, 0.15) is 55.7 Å². The zero-order valence-corrected chi connectivity index (χ0v) is 19.7. The van der Waals surface area contributed by atoms with Crippen molar-refractivity contribution in [2.45, 2.75) is 51.1 Å². The van der Waals surface area contributed by atoms with Crippen molar-refractivity contribution >= 4 is 29.5 Å². The summed E-state index contributed by atoms with van der Waals surface area (Å²) < 4.78 is 4.80. The molecule has 0 aliphatic heterocycles. The quantitative estimate of drug-likeness (QED) is 0.128. The Morgan fingerprint density at radius 3 is 2.23 bits per heavy atom. The summed E-state index contributed by atoms with van der Waals surface area (Å²) in [4.78, 5) is 47.6. The average Bonchev–Trinajstić information content (AvgIpc) is 2.88. The second-order valence-electron chi connectivity index (χ2n) is 7.89. The molecule has 0 aliphatic carbocycles. The van der Waals surface area contributed by atoms with Gasteiger partial charge in [0.2, 0.25) is 11.8 Å². The van der Waals surface area contributed by atoms with Gasteiger partial charge in [-0.3, -0.25) is 14.8 Å². The fourth-order valence-corrected chi connectivity index (χ4v) is 3.37. The molecule has 0 bridgehead atoms. The van der Waals surface area contributed by atoms with Gasteiger partial charge in [0.25, 0.3) is 0 Å². The molecule has 0 aliphatic rings. The smallest absolute Gasteiger partial charge is 0.333 e. The number of carbonyl (C=O) groups excluding carboxylic acids is 4. The molecule has 0 fully saturated rings. The Bertz CT molecular complexity index is 983. The minimum Gasteiger partial charge on any atom is -0.467 e. The van der Waals surface area contributed by atoms with Gasteiger partial charge in [-0.25, -0.2) is 15.1 Å². The SMILES string of the molecule is COC(=O)[C@@H](NC(=O)NCc1cccc(NC(=O)CCCCCCC(=O)NO)c1)c1ccccc1. The number of benzene rings is 2. The van der Waals surface area contributed by atoms with Crippen molar-refractivity contribution in [3.05, 3.63) is 65.7 Å². The molecule has 4 amide bonds. The lowest BCUT2D eigenvalue weighted by Gasteiger charge is -2.17. The number of rotatable bonds is 13. The van der Waals surface area contributed by atoms with Gasteiger partial charge in [0.1, 0.15) is 0 Å². The van der Waals surface area contributed by atoms with Crippen molar-refractivity contribution < 1.29 is 29.1 Å². The van der Waals surface area contributed by atoms with E-state index in [9.17, 15) is 19.2 Å². The highest BCUT2D eigenvalue weighted by Gasteiger charge is 2.23. The molecule has 0 radical (unpaired) electrons. The highest BCUT2D eigenvalue weighted by molar-refractivity contribution is 5.90. The first-order valence-electron chi connectivity index (χ1n) is 11.4. The van der Waals surface area contributed by atoms with Crippen molar-refractivity contribution in [3.63, 3.8) is 0 Å². The van der Waals surface area contributed by atoms with Crippen LogP contribution in [-0.4, -0.2) is 36.1 Å². The third-order valence-corrected chi connectivity index (χ3v) is 5.19. The van der Waals surface area contributed by atoms with Crippen LogP contribution in [0.3, 0.4) is 0 Å². The number of urea groups is 1. The van der Waals surface area contributed by atoms with E-state index in [4.69, 9.17) is 9.94 Å². The molecule has 1 atom stereocenters. The molecule has 5 N–H and O–H groups in total. The standard InChI is InChI=1S/C25H32N4O6/c1-35-24(32)23(19-11-5-4-6-12-19)28-25(33)26-17-18-10-9-13-20(16-18)27-21(30)14-7-2-3-8-15-22(31)29-34/h4-6,9-13,16,23,34H,2-3,7-8,14-15,17H2,1H3,(H,27,30)(H,29,31)(H2,26,28,33)/t23-/m0/s1. The Labute approximate surface area is 204 Å². The Kier molecular flexibility index (Phi) is 11.8. The third kappa shape index (κ3) is 10.3. The summed E-state index contributed by atoms with van der Waals surface area (Å²) >= 11 is 0. The number of unbranched alkanes of at least 4 members (excludes halogenated alkanes) is 3. The number of ether oxygens (including phenoxy) is 1. The molecule has 0 heterocycles. The lowest BCUT2D eigenvalue weighted by Crippen LogP contribution is -2.41. The van der Waals surface area contributed by atoms with E-state index < -0.39 is 23.9 Å². The lowest BCUT2D eigenvalue weighted by atomic mass is 10.1. The molecular weight excluding hydrogens is 452 g/mol. The molecule has 10 nitrogen and oxygen atoms in total. The van der Waals surface area contributed by atoms with Crippen molar-refractivity contribution in [1.29, 1.82) is 0 Å². The summed E-state index contributed by atoms with van der Waals surface area (Å²) in [6.45, 7) is 0.194. The van der Waals surface area contributed by atoms with Crippen molar-refractivity contribution in [2.75, 3.05) is 12.4 Å². The largest absolute Gasteiger partial charge is 0.467 e. The highest BCUT2D eigenvalue weighted by Crippen LogP contribution is 2.15. The topological polar surface area (TPSA) is 146 Å². The maximum atomic E-state index is 12.4. The van der Waals surface area contributed by atoms with Crippen molar-refractivity contribution in [3.8, 4) is 0 Å². The second kappa shape index (κ2) is 15.1. The number of amides is 4. The van der Waals surface area contributed by atoms with E-state index in [1.807, 2.05) is 12.1 Å². The minimum absolute atomic E-state index is 0.121. The summed E-state index contributed by atoms with van der Waals surface area (Å²) in [5.74, 6) is -1.11. The van der Waals surface area contributed by atoms with E-state index in [1.54, 1.807) is 47.9 Å². The Morgan fingerprint density at radius 1 is 0.886 bits per heavy atom. The Balaban J connectivity index is 1.77. The van der Waals surface area contributed by atoms with Crippen LogP contribution >= 0.6 is 0 Å². The molecule has 188 valence electrons. The van der Waals surface area contributed by atoms with Gasteiger partial charge in [0, 0.05) is 25.1 Å². The van der Waals surface area contributed by atoms with E-state index in [2.05, 4.69) is 16.0 Å². The van der Waals surface area contributed by atoms with Crippen LogP contribution in [-0.2, 0) is 25.7 Å². The van der Waals surface area contributed by atoms with E-state index in [0.29, 0.717) is 30.5 Å². The van der Waals surface area contributed by atoms with Gasteiger partial charge in [-0.1, -0.05) is 55.3 Å². The first-order chi connectivity index (χ1) is 16.9. The number of hydrogen-bond acceptors (Lipinski definition) is 6. The summed E-state index contributed by atoms with van der Waals surface area (Å²) in [6.07, 6.45) is 3.56. The zero-order chi connectivity index (χ0) is 25.5. The molecule has 2 aromatic carbocycles. The summed E-state index contributed by atoms with van der Waals surface area (Å²) in [6, 6.07) is 14.4. The maximum absolute atomic E-state index is 12.4. The number of methoxy groups -OCH3 is 1. The van der Waals surface area contributed by atoms with Crippen LogP contribution in [0.25, 0.3) is 0 Å². The monoisotopic (exact) mass is 484 g/mol. The molecule has 2 aromatic rings. The third-order valence-electron chi connectivity index (χ3n) is 5.19. The van der Waals surface area contributed by atoms with Crippen LogP contribution in [0.15, 0.2) is 54.6 Å². The van der Waals surface area contributed by atoms with Gasteiger partial charge < -0.3 is 20.7 Å². The van der Waals surface area contributed by atoms with Crippen molar-refractivity contribution in [1.82, 2.24) is 16.1 Å². The van der Waals surface area contributed by atoms with E-state index in [-0.39, 0.29) is 18.9 Å². The summed E-state index contributed by atoms with van der Waals surface area (Å²) in [5, 5.41) is 16.6. The van der Waals surface area contributed by atoms with Gasteiger partial charge in [-0.05, 0) is 36.1 Å². The minimum atomic E-state index is -0.932. The predicted octanol–water partition coefficient (Wildman–Crippen LogP) is 3.18. The van der Waals surface area contributed by atoms with Gasteiger partial charge in [-0.15, -0.1) is 0 Å². The fraction of sp³-hybridized carbons (Fsp3) is 0.360. The maximum Gasteiger partial charge on any atom is 0.333 e. The second-order valence-corrected chi connectivity index (χ2v) is 7.89. The summed E-state index contributed by atoms with van der Waals surface area (Å²) in [5.41, 5.74) is 3.59. The molecule has 0 saturated carbocycles. The number of nitrogens with one attached hydrogen (secondary N) is 4. The molecule has 2 rings (SSSR count). The Morgan fingerprint density at radius 2 is 1.57 bits per heavy atom. The van der Waals surface area contributed by atoms with Crippen LogP contribution in [0.5, 0.6) is 0 Å². The van der Waals surface area contributed by atoms with Gasteiger partial charge in [-0.2, -0.15) is 0 Å². The molecule has 10 heteroatoms. The van der Waals surface area contributed by atoms with E-state index in [1.165, 1.54) is 7.11 Å². The molecule has 0 spiro atoms. The van der Waals surface area contributed by atoms with Crippen LogP contribution in [0.2, 0.25) is 0 Å². The van der Waals surface area contributed by atoms with Gasteiger partial charge in [0.15, 0.2) is 6.04 Å². The van der Waals surface area contributed by atoms with Crippen LogP contribution < -0.4 is 21.4 Å².